The van der Waals surface area contributed by atoms with Gasteiger partial charge in [-0.1, -0.05) is 30.3 Å². The molecule has 1 amide bonds. The van der Waals surface area contributed by atoms with Crippen molar-refractivity contribution in [3.05, 3.63) is 65.7 Å². The van der Waals surface area contributed by atoms with Crippen molar-refractivity contribution in [2.45, 2.75) is 13.0 Å². The van der Waals surface area contributed by atoms with Gasteiger partial charge in [-0.05, 0) is 36.8 Å². The number of benzene rings is 2. The maximum atomic E-state index is 12.2. The number of ether oxygens (including phenoxy) is 1. The van der Waals surface area contributed by atoms with Crippen molar-refractivity contribution in [2.75, 3.05) is 6.61 Å². The van der Waals surface area contributed by atoms with Crippen molar-refractivity contribution in [2.24, 2.45) is 0 Å². The van der Waals surface area contributed by atoms with E-state index in [0.717, 1.165) is 0 Å². The van der Waals surface area contributed by atoms with E-state index in [-0.39, 0.29) is 18.3 Å². The van der Waals surface area contributed by atoms with Gasteiger partial charge >= 0.3 is 5.97 Å². The summed E-state index contributed by atoms with van der Waals surface area (Å²) >= 11 is 0. The summed E-state index contributed by atoms with van der Waals surface area (Å²) in [4.78, 5) is 24.3. The fourth-order valence-corrected chi connectivity index (χ4v) is 1.97. The fraction of sp³-hybridized carbons (Fsp3) is 0.176. The first-order valence-corrected chi connectivity index (χ1v) is 6.93. The summed E-state index contributed by atoms with van der Waals surface area (Å²) in [6, 6.07) is 13.7. The van der Waals surface area contributed by atoms with E-state index in [1.165, 1.54) is 12.1 Å². The lowest BCUT2D eigenvalue weighted by atomic mass is 10.1. The smallest absolute Gasteiger partial charge is 0.333 e. The molecule has 5 heteroatoms. The molecule has 0 aliphatic rings. The average Bonchev–Trinajstić information content (AvgIpc) is 2.54. The van der Waals surface area contributed by atoms with Crippen LogP contribution in [0.25, 0.3) is 0 Å². The molecule has 2 rings (SSSR count). The predicted octanol–water partition coefficient (Wildman–Crippen LogP) is 2.43. The number of esters is 1. The first kappa shape index (κ1) is 15.6. The molecule has 0 aliphatic heterocycles. The Kier molecular flexibility index (Phi) is 5.14. The number of carbonyl (C=O) groups is 2. The van der Waals surface area contributed by atoms with E-state index in [1.807, 2.05) is 0 Å². The van der Waals surface area contributed by atoms with Gasteiger partial charge in [0.2, 0.25) is 0 Å². The number of rotatable bonds is 5. The minimum Gasteiger partial charge on any atom is -0.508 e. The Hall–Kier alpha value is -2.82. The van der Waals surface area contributed by atoms with Gasteiger partial charge in [0.05, 0.1) is 6.61 Å². The zero-order chi connectivity index (χ0) is 15.9. The molecule has 5 nitrogen and oxygen atoms in total. The highest BCUT2D eigenvalue weighted by molar-refractivity contribution is 5.97. The first-order valence-electron chi connectivity index (χ1n) is 6.93. The van der Waals surface area contributed by atoms with Gasteiger partial charge in [0.1, 0.15) is 5.75 Å². The van der Waals surface area contributed by atoms with Crippen molar-refractivity contribution in [1.82, 2.24) is 5.32 Å². The number of carbonyl (C=O) groups excluding carboxylic acids is 2. The lowest BCUT2D eigenvalue weighted by molar-refractivity contribution is -0.145. The second-order valence-electron chi connectivity index (χ2n) is 4.62. The number of amides is 1. The molecule has 0 saturated carbocycles. The Balaban J connectivity index is 2.23. The quantitative estimate of drug-likeness (QED) is 0.831. The van der Waals surface area contributed by atoms with Crippen LogP contribution < -0.4 is 5.32 Å². The summed E-state index contributed by atoms with van der Waals surface area (Å²) in [5.41, 5.74) is 0.996. The highest BCUT2D eigenvalue weighted by atomic mass is 16.5. The largest absolute Gasteiger partial charge is 0.508 e. The standard InChI is InChI=1S/C17H17NO4/c1-2-22-17(21)15(12-8-10-14(19)11-9-12)18-16(20)13-6-4-3-5-7-13/h3-11,15,19H,2H2,1H3,(H,18,20). The summed E-state index contributed by atoms with van der Waals surface area (Å²) in [5.74, 6) is -0.829. The monoisotopic (exact) mass is 299 g/mol. The van der Waals surface area contributed by atoms with Gasteiger partial charge in [-0.3, -0.25) is 4.79 Å². The van der Waals surface area contributed by atoms with E-state index in [9.17, 15) is 14.7 Å². The Morgan fingerprint density at radius 2 is 1.73 bits per heavy atom. The zero-order valence-electron chi connectivity index (χ0n) is 12.2. The van der Waals surface area contributed by atoms with E-state index < -0.39 is 12.0 Å². The summed E-state index contributed by atoms with van der Waals surface area (Å²) in [5, 5.41) is 12.0. The molecule has 0 bridgehead atoms. The van der Waals surface area contributed by atoms with Crippen LogP contribution in [0.3, 0.4) is 0 Å². The Bertz CT molecular complexity index is 637. The van der Waals surface area contributed by atoms with E-state index in [4.69, 9.17) is 4.74 Å². The minimum absolute atomic E-state index is 0.0840. The van der Waals surface area contributed by atoms with Crippen molar-refractivity contribution in [1.29, 1.82) is 0 Å². The first-order chi connectivity index (χ1) is 10.6. The maximum absolute atomic E-state index is 12.2. The van der Waals surface area contributed by atoms with Crippen LogP contribution in [0.5, 0.6) is 5.75 Å². The third-order valence-electron chi connectivity index (χ3n) is 3.06. The summed E-state index contributed by atoms with van der Waals surface area (Å²) in [6.45, 7) is 1.92. The van der Waals surface area contributed by atoms with Crippen LogP contribution in [-0.4, -0.2) is 23.6 Å². The molecule has 0 radical (unpaired) electrons. The zero-order valence-corrected chi connectivity index (χ0v) is 12.2. The number of aromatic hydroxyl groups is 1. The molecule has 0 saturated heterocycles. The normalized spacial score (nSPS) is 11.5. The third kappa shape index (κ3) is 3.85. The van der Waals surface area contributed by atoms with E-state index in [0.29, 0.717) is 11.1 Å². The summed E-state index contributed by atoms with van der Waals surface area (Å²) in [6.07, 6.45) is 0. The molecular formula is C17H17NO4. The molecule has 114 valence electrons. The van der Waals surface area contributed by atoms with E-state index in [2.05, 4.69) is 5.32 Å². The van der Waals surface area contributed by atoms with Crippen molar-refractivity contribution >= 4 is 11.9 Å². The highest BCUT2D eigenvalue weighted by Gasteiger charge is 2.24. The SMILES string of the molecule is CCOC(=O)C(NC(=O)c1ccccc1)c1ccc(O)cc1. The van der Waals surface area contributed by atoms with Crippen LogP contribution in [0.2, 0.25) is 0 Å². The molecule has 0 aliphatic carbocycles. The molecule has 1 atom stereocenters. The minimum atomic E-state index is -0.923. The van der Waals surface area contributed by atoms with Crippen LogP contribution in [0.15, 0.2) is 54.6 Å². The second-order valence-corrected chi connectivity index (χ2v) is 4.62. The van der Waals surface area contributed by atoms with Gasteiger partial charge < -0.3 is 15.2 Å². The van der Waals surface area contributed by atoms with E-state index >= 15 is 0 Å². The van der Waals surface area contributed by atoms with Crippen LogP contribution in [-0.2, 0) is 9.53 Å². The molecular weight excluding hydrogens is 282 g/mol. The van der Waals surface area contributed by atoms with Crippen molar-refractivity contribution in [3.63, 3.8) is 0 Å². The summed E-state index contributed by atoms with van der Waals surface area (Å²) in [7, 11) is 0. The number of hydrogen-bond acceptors (Lipinski definition) is 4. The van der Waals surface area contributed by atoms with Gasteiger partial charge in [0.15, 0.2) is 6.04 Å². The molecule has 2 aromatic carbocycles. The predicted molar refractivity (Wildman–Crippen MR) is 81.4 cm³/mol. The van der Waals surface area contributed by atoms with Crippen LogP contribution in [0.4, 0.5) is 0 Å². The second kappa shape index (κ2) is 7.26. The van der Waals surface area contributed by atoms with Crippen LogP contribution in [0, 0.1) is 0 Å². The Labute approximate surface area is 128 Å². The maximum Gasteiger partial charge on any atom is 0.333 e. The number of nitrogens with one attached hydrogen (secondary N) is 1. The Morgan fingerprint density at radius 3 is 2.32 bits per heavy atom. The third-order valence-corrected chi connectivity index (χ3v) is 3.06. The molecule has 2 aromatic rings. The highest BCUT2D eigenvalue weighted by Crippen LogP contribution is 2.19. The average molecular weight is 299 g/mol. The van der Waals surface area contributed by atoms with Crippen LogP contribution >= 0.6 is 0 Å². The molecule has 1 unspecified atom stereocenters. The fourth-order valence-electron chi connectivity index (χ4n) is 1.97. The lowest BCUT2D eigenvalue weighted by Gasteiger charge is -2.17. The topological polar surface area (TPSA) is 75.6 Å². The number of hydrogen-bond donors (Lipinski definition) is 2. The van der Waals surface area contributed by atoms with Gasteiger partial charge in [0.25, 0.3) is 5.91 Å². The van der Waals surface area contributed by atoms with Crippen molar-refractivity contribution < 1.29 is 19.4 Å². The van der Waals surface area contributed by atoms with Crippen LogP contribution in [0.1, 0.15) is 28.9 Å². The molecule has 22 heavy (non-hydrogen) atoms. The Morgan fingerprint density at radius 1 is 1.09 bits per heavy atom. The molecule has 0 spiro atoms. The van der Waals surface area contributed by atoms with Crippen molar-refractivity contribution in [3.8, 4) is 5.75 Å². The number of phenols is 1. The molecule has 0 heterocycles. The molecule has 0 fully saturated rings. The van der Waals surface area contributed by atoms with E-state index in [1.54, 1.807) is 49.4 Å². The molecule has 2 N–H and O–H groups in total. The lowest BCUT2D eigenvalue weighted by Crippen LogP contribution is -2.34. The van der Waals surface area contributed by atoms with Gasteiger partial charge in [-0.15, -0.1) is 0 Å². The molecule has 0 aromatic heterocycles. The summed E-state index contributed by atoms with van der Waals surface area (Å²) < 4.78 is 5.01. The van der Waals surface area contributed by atoms with Gasteiger partial charge in [0, 0.05) is 5.56 Å². The van der Waals surface area contributed by atoms with Gasteiger partial charge in [-0.25, -0.2) is 4.79 Å². The van der Waals surface area contributed by atoms with Gasteiger partial charge in [-0.2, -0.15) is 0 Å². The number of phenolic OH excluding ortho intramolecular Hbond substituents is 1.